The highest BCUT2D eigenvalue weighted by molar-refractivity contribution is 7.18. The smallest absolute Gasteiger partial charge is 0.287 e. The van der Waals surface area contributed by atoms with Crippen LogP contribution in [-0.2, 0) is 24.2 Å². The van der Waals surface area contributed by atoms with Crippen molar-refractivity contribution in [2.24, 2.45) is 0 Å². The lowest BCUT2D eigenvalue weighted by Crippen LogP contribution is -2.28. The van der Waals surface area contributed by atoms with Gasteiger partial charge in [-0.25, -0.2) is 4.98 Å². The molecule has 3 N–H and O–H groups in total. The minimum atomic E-state index is -0.449. The van der Waals surface area contributed by atoms with Gasteiger partial charge in [0.2, 0.25) is 5.82 Å². The van der Waals surface area contributed by atoms with Gasteiger partial charge in [-0.2, -0.15) is 0 Å². The maximum absolute atomic E-state index is 12.7. The molecule has 0 radical (unpaired) electrons. The van der Waals surface area contributed by atoms with E-state index in [2.05, 4.69) is 20.6 Å². The second kappa shape index (κ2) is 7.56. The minimum Gasteiger partial charge on any atom is -0.482 e. The number of benzene rings is 1. The number of amides is 2. The van der Waals surface area contributed by atoms with Crippen molar-refractivity contribution >= 4 is 39.1 Å². The molecule has 0 unspecified atom stereocenters. The molecule has 1 aromatic carbocycles. The molecule has 0 saturated heterocycles. The first-order valence-corrected chi connectivity index (χ1v) is 10.8. The molecule has 0 atom stereocenters. The van der Waals surface area contributed by atoms with Crippen molar-refractivity contribution in [1.82, 2.24) is 15.3 Å². The Morgan fingerprint density at radius 1 is 1.20 bits per heavy atom. The number of rotatable bonds is 3. The molecule has 30 heavy (non-hydrogen) atoms. The summed E-state index contributed by atoms with van der Waals surface area (Å²) in [6.45, 7) is 0.224. The second-order valence-corrected chi connectivity index (χ2v) is 8.59. The molecule has 0 spiro atoms. The predicted octanol–water partition coefficient (Wildman–Crippen LogP) is 2.51. The van der Waals surface area contributed by atoms with E-state index in [-0.39, 0.29) is 30.4 Å². The molecule has 2 amide bonds. The number of hydrogen-bond donors (Lipinski definition) is 3. The number of carbonyl (C=O) groups is 2. The monoisotopic (exact) mass is 424 g/mol. The van der Waals surface area contributed by atoms with E-state index in [1.54, 1.807) is 12.1 Å². The zero-order valence-electron chi connectivity index (χ0n) is 16.2. The molecule has 2 aliphatic rings. The number of ether oxygens (including phenoxy) is 1. The lowest BCUT2D eigenvalue weighted by molar-refractivity contribution is -0.118. The normalized spacial score (nSPS) is 15.5. The average molecular weight is 424 g/mol. The quantitative estimate of drug-likeness (QED) is 0.559. The van der Waals surface area contributed by atoms with Crippen molar-refractivity contribution < 1.29 is 14.3 Å². The summed E-state index contributed by atoms with van der Waals surface area (Å²) in [6, 6.07) is 5.32. The fraction of sp³-hybridized carbons (Fsp3) is 0.333. The number of nitrogens with zero attached hydrogens (tertiary/aromatic N) is 1. The summed E-state index contributed by atoms with van der Waals surface area (Å²) in [5.41, 5.74) is 2.22. The Morgan fingerprint density at radius 3 is 2.97 bits per heavy atom. The lowest BCUT2D eigenvalue weighted by Gasteiger charge is -2.18. The molecular weight excluding hydrogens is 404 g/mol. The Balaban J connectivity index is 1.36. The number of H-pyrrole nitrogens is 1. The number of anilines is 1. The summed E-state index contributed by atoms with van der Waals surface area (Å²) in [4.78, 5) is 45.7. The van der Waals surface area contributed by atoms with Gasteiger partial charge in [0, 0.05) is 11.4 Å². The van der Waals surface area contributed by atoms with Crippen molar-refractivity contribution in [3.05, 3.63) is 50.4 Å². The van der Waals surface area contributed by atoms with Crippen molar-refractivity contribution in [3.63, 3.8) is 0 Å². The van der Waals surface area contributed by atoms with Crippen LogP contribution < -0.4 is 20.9 Å². The van der Waals surface area contributed by atoms with Gasteiger partial charge < -0.3 is 20.4 Å². The Morgan fingerprint density at radius 2 is 2.07 bits per heavy atom. The van der Waals surface area contributed by atoms with Gasteiger partial charge in [-0.1, -0.05) is 12.5 Å². The van der Waals surface area contributed by atoms with Crippen LogP contribution >= 0.6 is 11.3 Å². The van der Waals surface area contributed by atoms with E-state index in [1.807, 2.05) is 6.07 Å². The summed E-state index contributed by atoms with van der Waals surface area (Å²) < 4.78 is 5.33. The van der Waals surface area contributed by atoms with Crippen molar-refractivity contribution in [3.8, 4) is 5.75 Å². The van der Waals surface area contributed by atoms with E-state index >= 15 is 0 Å². The van der Waals surface area contributed by atoms with Gasteiger partial charge in [0.15, 0.2) is 6.61 Å². The zero-order chi connectivity index (χ0) is 20.7. The SMILES string of the molecule is O=C1COc2ccc(CNC(=O)c3nc4sc5c(c4c(=O)[nH]3)CCCCC5)cc2N1. The largest absolute Gasteiger partial charge is 0.482 e. The first-order valence-electron chi connectivity index (χ1n) is 9.97. The fourth-order valence-electron chi connectivity index (χ4n) is 3.95. The van der Waals surface area contributed by atoms with E-state index in [1.165, 1.54) is 22.6 Å². The highest BCUT2D eigenvalue weighted by Crippen LogP contribution is 2.33. The molecule has 3 aromatic rings. The van der Waals surface area contributed by atoms with Crippen LogP contribution in [0.3, 0.4) is 0 Å². The van der Waals surface area contributed by atoms with Crippen LogP contribution in [0.25, 0.3) is 10.2 Å². The standard InChI is InChI=1S/C21H20N4O4S/c26-16-10-29-14-7-6-11(8-13(14)23-16)9-22-20(28)18-24-19(27)17-12-4-2-1-3-5-15(12)30-21(17)25-18/h6-8H,1-5,9-10H2,(H,22,28)(H,23,26)(H,24,25,27). The summed E-state index contributed by atoms with van der Waals surface area (Å²) in [6.07, 6.45) is 5.23. The number of fused-ring (bicyclic) bond motifs is 4. The van der Waals surface area contributed by atoms with Crippen molar-refractivity contribution in [2.45, 2.75) is 38.6 Å². The molecule has 0 fully saturated rings. The van der Waals surface area contributed by atoms with Crippen LogP contribution in [0.5, 0.6) is 5.75 Å². The van der Waals surface area contributed by atoms with Gasteiger partial charge in [0.1, 0.15) is 10.6 Å². The van der Waals surface area contributed by atoms with Crippen molar-refractivity contribution in [2.75, 3.05) is 11.9 Å². The molecule has 0 saturated carbocycles. The van der Waals surface area contributed by atoms with E-state index in [0.29, 0.717) is 21.7 Å². The molecule has 3 heterocycles. The number of nitrogens with one attached hydrogen (secondary N) is 3. The second-order valence-electron chi connectivity index (χ2n) is 7.51. The van der Waals surface area contributed by atoms with Crippen LogP contribution in [0.2, 0.25) is 0 Å². The number of aromatic amines is 1. The van der Waals surface area contributed by atoms with Gasteiger partial charge in [0.25, 0.3) is 17.4 Å². The summed E-state index contributed by atoms with van der Waals surface area (Å²) in [7, 11) is 0. The van der Waals surface area contributed by atoms with Gasteiger partial charge in [-0.3, -0.25) is 14.4 Å². The number of aryl methyl sites for hydroxylation is 2. The van der Waals surface area contributed by atoms with Crippen LogP contribution in [0, 0.1) is 0 Å². The third-order valence-electron chi connectivity index (χ3n) is 5.42. The van der Waals surface area contributed by atoms with E-state index < -0.39 is 5.91 Å². The van der Waals surface area contributed by atoms with E-state index in [4.69, 9.17) is 4.74 Å². The van der Waals surface area contributed by atoms with Crippen molar-refractivity contribution in [1.29, 1.82) is 0 Å². The maximum Gasteiger partial charge on any atom is 0.287 e. The molecule has 1 aliphatic heterocycles. The Hall–Kier alpha value is -3.20. The molecular formula is C21H20N4O4S. The average Bonchev–Trinajstić information content (AvgIpc) is 2.93. The third kappa shape index (κ3) is 3.45. The molecule has 2 aromatic heterocycles. The minimum absolute atomic E-state index is 0.00323. The highest BCUT2D eigenvalue weighted by atomic mass is 32.1. The maximum atomic E-state index is 12.7. The predicted molar refractivity (Wildman–Crippen MR) is 113 cm³/mol. The van der Waals surface area contributed by atoms with Gasteiger partial charge >= 0.3 is 0 Å². The molecule has 9 heteroatoms. The zero-order valence-corrected chi connectivity index (χ0v) is 17.0. The number of hydrogen-bond acceptors (Lipinski definition) is 6. The molecule has 154 valence electrons. The van der Waals surface area contributed by atoms with E-state index in [9.17, 15) is 14.4 Å². The number of aromatic nitrogens is 2. The summed E-state index contributed by atoms with van der Waals surface area (Å²) in [5, 5.41) is 6.15. The molecule has 8 nitrogen and oxygen atoms in total. The molecule has 0 bridgehead atoms. The van der Waals surface area contributed by atoms with E-state index in [0.717, 1.165) is 36.8 Å². The lowest BCUT2D eigenvalue weighted by atomic mass is 10.1. The molecule has 5 rings (SSSR count). The van der Waals surface area contributed by atoms with Crippen LogP contribution in [-0.4, -0.2) is 28.4 Å². The van der Waals surface area contributed by atoms with Gasteiger partial charge in [0.05, 0.1) is 11.1 Å². The Kier molecular flexibility index (Phi) is 4.74. The molecule has 1 aliphatic carbocycles. The number of carbonyl (C=O) groups excluding carboxylic acids is 2. The van der Waals surface area contributed by atoms with Crippen LogP contribution in [0.15, 0.2) is 23.0 Å². The van der Waals surface area contributed by atoms with Crippen LogP contribution in [0.4, 0.5) is 5.69 Å². The number of thiophene rings is 1. The third-order valence-corrected chi connectivity index (χ3v) is 6.61. The van der Waals surface area contributed by atoms with Gasteiger partial charge in [-0.05, 0) is 48.9 Å². The van der Waals surface area contributed by atoms with Crippen LogP contribution in [0.1, 0.15) is 45.9 Å². The summed E-state index contributed by atoms with van der Waals surface area (Å²) in [5.74, 6) is -0.0548. The first-order chi connectivity index (χ1) is 14.6. The van der Waals surface area contributed by atoms with Gasteiger partial charge in [-0.15, -0.1) is 11.3 Å². The highest BCUT2D eigenvalue weighted by Gasteiger charge is 2.21. The summed E-state index contributed by atoms with van der Waals surface area (Å²) >= 11 is 1.52. The Bertz CT molecular complexity index is 1230. The Labute approximate surface area is 175 Å². The topological polar surface area (TPSA) is 113 Å². The fourth-order valence-corrected chi connectivity index (χ4v) is 5.22. The first kappa shape index (κ1) is 18.8.